The van der Waals surface area contributed by atoms with Gasteiger partial charge in [0.05, 0.1) is 12.1 Å². The smallest absolute Gasteiger partial charge is 0.328 e. The van der Waals surface area contributed by atoms with E-state index in [1.807, 2.05) is 62.4 Å². The minimum Gasteiger partial charge on any atom is -0.356 e. The Kier molecular flexibility index (Phi) is 3.26. The molecule has 0 radical (unpaired) electrons. The van der Waals surface area contributed by atoms with Crippen LogP contribution in [-0.2, 0) is 23.3 Å². The molecule has 5 heteroatoms. The standard InChI is InChI=1S/C22H21N3O2/c1-22(2)19-16(15-10-6-7-11-17(15)23-19)12-18-20(26)24(21(27)25(18)22)13-14-8-4-3-5-9-14/h3-11,18,23H,12-13H2,1-2H3. The fourth-order valence-electron chi connectivity index (χ4n) is 4.61. The number of benzene rings is 2. The third kappa shape index (κ3) is 2.17. The summed E-state index contributed by atoms with van der Waals surface area (Å²) in [5, 5.41) is 1.14. The van der Waals surface area contributed by atoms with Gasteiger partial charge in [-0.25, -0.2) is 4.79 Å². The monoisotopic (exact) mass is 359 g/mol. The molecule has 2 aliphatic rings. The van der Waals surface area contributed by atoms with Crippen molar-refractivity contribution in [2.75, 3.05) is 0 Å². The van der Waals surface area contributed by atoms with Crippen LogP contribution in [0.3, 0.4) is 0 Å². The minimum absolute atomic E-state index is 0.104. The second kappa shape index (κ2) is 5.46. The van der Waals surface area contributed by atoms with Gasteiger partial charge in [-0.05, 0) is 31.0 Å². The number of rotatable bonds is 2. The molecular formula is C22H21N3O2. The van der Waals surface area contributed by atoms with E-state index in [-0.39, 0.29) is 11.9 Å². The molecule has 0 aliphatic carbocycles. The lowest BCUT2D eigenvalue weighted by molar-refractivity contribution is -0.129. The molecular weight excluding hydrogens is 338 g/mol. The van der Waals surface area contributed by atoms with Crippen LogP contribution in [0.5, 0.6) is 0 Å². The molecule has 2 aliphatic heterocycles. The summed E-state index contributed by atoms with van der Waals surface area (Å²) in [5.41, 5.74) is 3.62. The predicted molar refractivity (Wildman–Crippen MR) is 103 cm³/mol. The summed E-state index contributed by atoms with van der Waals surface area (Å²) in [4.78, 5) is 33.0. The van der Waals surface area contributed by atoms with Gasteiger partial charge in [0.2, 0.25) is 0 Å². The number of hydrogen-bond acceptors (Lipinski definition) is 2. The summed E-state index contributed by atoms with van der Waals surface area (Å²) in [6.45, 7) is 4.35. The Morgan fingerprint density at radius 2 is 1.74 bits per heavy atom. The van der Waals surface area contributed by atoms with Gasteiger partial charge in [0.25, 0.3) is 5.91 Å². The number of carbonyl (C=O) groups is 2. The summed E-state index contributed by atoms with van der Waals surface area (Å²) < 4.78 is 0. The number of nitrogens with one attached hydrogen (secondary N) is 1. The maximum absolute atomic E-state index is 13.2. The van der Waals surface area contributed by atoms with Crippen molar-refractivity contribution >= 4 is 22.8 Å². The van der Waals surface area contributed by atoms with Crippen molar-refractivity contribution in [3.8, 4) is 0 Å². The predicted octanol–water partition coefficient (Wildman–Crippen LogP) is 3.79. The van der Waals surface area contributed by atoms with Crippen molar-refractivity contribution in [1.29, 1.82) is 0 Å². The van der Waals surface area contributed by atoms with Gasteiger partial charge in [-0.2, -0.15) is 0 Å². The number of nitrogens with zero attached hydrogens (tertiary/aromatic N) is 2. The molecule has 0 spiro atoms. The minimum atomic E-state index is -0.574. The number of hydrogen-bond donors (Lipinski definition) is 1. The fourth-order valence-corrected chi connectivity index (χ4v) is 4.61. The lowest BCUT2D eigenvalue weighted by Gasteiger charge is -2.42. The maximum atomic E-state index is 13.2. The van der Waals surface area contributed by atoms with Gasteiger partial charge in [-0.3, -0.25) is 9.69 Å². The van der Waals surface area contributed by atoms with Crippen LogP contribution in [0.1, 0.15) is 30.7 Å². The third-order valence-electron chi connectivity index (χ3n) is 5.91. The zero-order valence-corrected chi connectivity index (χ0v) is 15.4. The first-order chi connectivity index (χ1) is 13.0. The van der Waals surface area contributed by atoms with Gasteiger partial charge in [0, 0.05) is 23.0 Å². The van der Waals surface area contributed by atoms with Crippen LogP contribution < -0.4 is 0 Å². The molecule has 1 aromatic heterocycles. The highest BCUT2D eigenvalue weighted by molar-refractivity contribution is 6.05. The SMILES string of the molecule is CC1(C)c2[nH]c3ccccc3c2CC2C(=O)N(Cc3ccccc3)C(=O)N21. The molecule has 1 saturated heterocycles. The van der Waals surface area contributed by atoms with Gasteiger partial charge >= 0.3 is 6.03 Å². The molecule has 0 bridgehead atoms. The first-order valence-electron chi connectivity index (χ1n) is 9.27. The van der Waals surface area contributed by atoms with Gasteiger partial charge in [0.15, 0.2) is 0 Å². The molecule has 3 aromatic rings. The van der Waals surface area contributed by atoms with Crippen LogP contribution in [0, 0.1) is 0 Å². The van der Waals surface area contributed by atoms with E-state index >= 15 is 0 Å². The number of imide groups is 1. The summed E-state index contributed by atoms with van der Waals surface area (Å²) in [6, 6.07) is 17.2. The van der Waals surface area contributed by atoms with Crippen LogP contribution in [0.2, 0.25) is 0 Å². The highest BCUT2D eigenvalue weighted by Gasteiger charge is 2.55. The van der Waals surface area contributed by atoms with Gasteiger partial charge in [-0.1, -0.05) is 48.5 Å². The van der Waals surface area contributed by atoms with Crippen molar-refractivity contribution in [1.82, 2.24) is 14.8 Å². The Labute approximate surface area is 157 Å². The van der Waals surface area contributed by atoms with Crippen LogP contribution in [0.25, 0.3) is 10.9 Å². The van der Waals surface area contributed by atoms with Crippen LogP contribution in [-0.4, -0.2) is 32.8 Å². The lowest BCUT2D eigenvalue weighted by Crippen LogP contribution is -2.52. The first-order valence-corrected chi connectivity index (χ1v) is 9.27. The van der Waals surface area contributed by atoms with E-state index in [1.165, 1.54) is 4.90 Å². The summed E-state index contributed by atoms with van der Waals surface area (Å²) in [6.07, 6.45) is 0.554. The highest BCUT2D eigenvalue weighted by Crippen LogP contribution is 2.44. The molecule has 3 heterocycles. The summed E-state index contributed by atoms with van der Waals surface area (Å²) in [7, 11) is 0. The summed E-state index contributed by atoms with van der Waals surface area (Å²) in [5.74, 6) is -0.104. The number of urea groups is 1. The van der Waals surface area contributed by atoms with E-state index in [9.17, 15) is 9.59 Å². The van der Waals surface area contributed by atoms with Crippen LogP contribution >= 0.6 is 0 Å². The second-order valence-electron chi connectivity index (χ2n) is 7.87. The number of para-hydroxylation sites is 1. The second-order valence-corrected chi connectivity index (χ2v) is 7.87. The van der Waals surface area contributed by atoms with Crippen LogP contribution in [0.4, 0.5) is 4.79 Å². The highest BCUT2D eigenvalue weighted by atomic mass is 16.2. The number of H-pyrrole nitrogens is 1. The Balaban J connectivity index is 1.58. The lowest BCUT2D eigenvalue weighted by atomic mass is 9.85. The van der Waals surface area contributed by atoms with E-state index in [4.69, 9.17) is 0 Å². The Hall–Kier alpha value is -3.08. The quantitative estimate of drug-likeness (QED) is 0.708. The average molecular weight is 359 g/mol. The Morgan fingerprint density at radius 3 is 2.52 bits per heavy atom. The van der Waals surface area contributed by atoms with E-state index in [1.54, 1.807) is 4.90 Å². The number of amides is 3. The molecule has 1 fully saturated rings. The molecule has 3 amide bonds. The zero-order valence-electron chi connectivity index (χ0n) is 15.4. The Morgan fingerprint density at radius 1 is 1.04 bits per heavy atom. The van der Waals surface area contributed by atoms with Crippen molar-refractivity contribution in [3.63, 3.8) is 0 Å². The maximum Gasteiger partial charge on any atom is 0.328 e. The fraction of sp³-hybridized carbons (Fsp3) is 0.273. The Bertz CT molecular complexity index is 1070. The average Bonchev–Trinajstić information content (AvgIpc) is 3.15. The van der Waals surface area contributed by atoms with Crippen molar-refractivity contribution < 1.29 is 9.59 Å². The molecule has 136 valence electrons. The molecule has 5 nitrogen and oxygen atoms in total. The molecule has 2 aromatic carbocycles. The summed E-state index contributed by atoms with van der Waals surface area (Å²) >= 11 is 0. The number of aromatic amines is 1. The van der Waals surface area contributed by atoms with E-state index in [0.29, 0.717) is 13.0 Å². The number of fused-ring (bicyclic) bond motifs is 4. The molecule has 5 rings (SSSR count). The topological polar surface area (TPSA) is 56.4 Å². The van der Waals surface area contributed by atoms with E-state index < -0.39 is 11.6 Å². The van der Waals surface area contributed by atoms with E-state index in [2.05, 4.69) is 11.1 Å². The van der Waals surface area contributed by atoms with Crippen molar-refractivity contribution in [2.45, 2.75) is 38.4 Å². The number of aromatic nitrogens is 1. The molecule has 1 atom stereocenters. The van der Waals surface area contributed by atoms with Gasteiger partial charge in [0.1, 0.15) is 6.04 Å². The third-order valence-corrected chi connectivity index (χ3v) is 5.91. The van der Waals surface area contributed by atoms with Crippen molar-refractivity contribution in [3.05, 3.63) is 71.4 Å². The first kappa shape index (κ1) is 16.1. The number of carbonyl (C=O) groups excluding carboxylic acids is 2. The molecule has 0 saturated carbocycles. The molecule has 1 unspecified atom stereocenters. The molecule has 27 heavy (non-hydrogen) atoms. The van der Waals surface area contributed by atoms with Gasteiger partial charge < -0.3 is 9.88 Å². The van der Waals surface area contributed by atoms with E-state index in [0.717, 1.165) is 27.7 Å². The molecule has 1 N–H and O–H groups in total. The van der Waals surface area contributed by atoms with Crippen LogP contribution in [0.15, 0.2) is 54.6 Å². The largest absolute Gasteiger partial charge is 0.356 e. The van der Waals surface area contributed by atoms with Crippen molar-refractivity contribution in [2.24, 2.45) is 0 Å². The zero-order chi connectivity index (χ0) is 18.8. The normalized spacial score (nSPS) is 20.9. The van der Waals surface area contributed by atoms with Gasteiger partial charge in [-0.15, -0.1) is 0 Å².